The molecule has 0 amide bonds. The summed E-state index contributed by atoms with van der Waals surface area (Å²) < 4.78 is 55.0. The van der Waals surface area contributed by atoms with Crippen LogP contribution in [0.4, 0.5) is 0 Å². The van der Waals surface area contributed by atoms with Crippen LogP contribution >= 0.6 is 15.6 Å². The number of nitrogens with one attached hydrogen (secondary N) is 2. The minimum Gasteiger partial charge on any atom is -0.464 e. The Labute approximate surface area is 282 Å². The number of fused-ring (bicyclic) bond motifs is 1. The third kappa shape index (κ3) is 9.10. The van der Waals surface area contributed by atoms with Crippen molar-refractivity contribution in [1.82, 2.24) is 19.3 Å². The van der Waals surface area contributed by atoms with Gasteiger partial charge in [-0.05, 0) is 37.1 Å². The number of para-hydroxylation sites is 1. The highest BCUT2D eigenvalue weighted by Gasteiger charge is 2.56. The van der Waals surface area contributed by atoms with Crippen LogP contribution in [0.5, 0.6) is 5.75 Å². The van der Waals surface area contributed by atoms with Gasteiger partial charge in [-0.1, -0.05) is 44.9 Å². The summed E-state index contributed by atoms with van der Waals surface area (Å²) in [6.07, 6.45) is -0.672. The lowest BCUT2D eigenvalue weighted by molar-refractivity contribution is -0.146. The van der Waals surface area contributed by atoms with Crippen molar-refractivity contribution < 1.29 is 57.0 Å². The minimum absolute atomic E-state index is 0.134. The Morgan fingerprint density at radius 2 is 1.86 bits per heavy atom. The van der Waals surface area contributed by atoms with E-state index in [9.17, 15) is 24.1 Å². The van der Waals surface area contributed by atoms with E-state index >= 15 is 0 Å². The smallest absolute Gasteiger partial charge is 0.464 e. The number of aliphatic hydroxyl groups excluding tert-OH is 2. The zero-order valence-electron chi connectivity index (χ0n) is 27.4. The van der Waals surface area contributed by atoms with Crippen molar-refractivity contribution in [3.8, 4) is 5.75 Å². The lowest BCUT2D eigenvalue weighted by Crippen LogP contribution is -2.43. The minimum atomic E-state index is -4.83. The number of phosphoric acid groups is 1. The lowest BCUT2D eigenvalue weighted by Gasteiger charge is -2.28. The standard InChI is InChI=1S/C29H42N6O12P2/c1-5-20(6-2)14-43-28(38)19(3)33-48(39,47-21-10-8-7-9-11-21)44-15-23-25(36)26(37)29(46-23,16-31-4)24-13-12-22-27(30)34(17-32-35(22)24)18-45-49(40,41)42/h7-13,16-17,19-20,23,25-26,30,36-37H,5-6,14-15,18H2,1-4H3,(H,33,39)(H2,40,41,42)/t19-,23+,25+,26+,29-,48?/m0/s1. The van der Waals surface area contributed by atoms with Crippen molar-refractivity contribution in [2.24, 2.45) is 10.9 Å². The topological polar surface area (TPSA) is 249 Å². The predicted octanol–water partition coefficient (Wildman–Crippen LogP) is 1.86. The average Bonchev–Trinajstić information content (AvgIpc) is 3.60. The second-order valence-corrected chi connectivity index (χ2v) is 14.3. The van der Waals surface area contributed by atoms with Crippen molar-refractivity contribution in [2.75, 3.05) is 20.3 Å². The van der Waals surface area contributed by atoms with Crippen LogP contribution in [0.25, 0.3) is 5.52 Å². The highest BCUT2D eigenvalue weighted by Crippen LogP contribution is 2.47. The van der Waals surface area contributed by atoms with Crippen molar-refractivity contribution in [3.63, 3.8) is 0 Å². The zero-order valence-corrected chi connectivity index (χ0v) is 29.1. The molecule has 0 saturated carbocycles. The van der Waals surface area contributed by atoms with Gasteiger partial charge in [-0.25, -0.2) is 13.6 Å². The Morgan fingerprint density at radius 3 is 2.49 bits per heavy atom. The molecule has 1 aliphatic heterocycles. The van der Waals surface area contributed by atoms with Gasteiger partial charge in [-0.15, -0.1) is 0 Å². The van der Waals surface area contributed by atoms with Crippen LogP contribution in [0.15, 0.2) is 53.8 Å². The summed E-state index contributed by atoms with van der Waals surface area (Å²) in [6.45, 7) is 4.35. The average molecular weight is 729 g/mol. The van der Waals surface area contributed by atoms with Crippen LogP contribution in [0.2, 0.25) is 0 Å². The summed E-state index contributed by atoms with van der Waals surface area (Å²) in [5, 5.41) is 37.8. The number of benzene rings is 1. The first kappa shape index (κ1) is 38.5. The molecule has 270 valence electrons. The van der Waals surface area contributed by atoms with Crippen LogP contribution < -0.4 is 15.1 Å². The zero-order chi connectivity index (χ0) is 36.0. The van der Waals surface area contributed by atoms with Crippen LogP contribution in [0, 0.1) is 11.3 Å². The molecule has 1 saturated heterocycles. The van der Waals surface area contributed by atoms with Crippen molar-refractivity contribution in [2.45, 2.75) is 70.3 Å². The molecule has 49 heavy (non-hydrogen) atoms. The Kier molecular flexibility index (Phi) is 12.7. The number of carbonyl (C=O) groups excluding carboxylic acids is 1. The largest absolute Gasteiger partial charge is 0.471 e. The van der Waals surface area contributed by atoms with Gasteiger partial charge in [0.05, 0.1) is 18.9 Å². The molecule has 0 aliphatic carbocycles. The maximum Gasteiger partial charge on any atom is 0.471 e. The monoisotopic (exact) mass is 728 g/mol. The number of hydrogen-bond donors (Lipinski definition) is 6. The third-order valence-electron chi connectivity index (χ3n) is 7.97. The maximum absolute atomic E-state index is 14.1. The summed E-state index contributed by atoms with van der Waals surface area (Å²) in [7, 11) is -7.79. The molecular weight excluding hydrogens is 686 g/mol. The fourth-order valence-corrected chi connectivity index (χ4v) is 6.94. The van der Waals surface area contributed by atoms with Gasteiger partial charge in [-0.2, -0.15) is 10.2 Å². The first-order valence-corrected chi connectivity index (χ1v) is 18.5. The highest BCUT2D eigenvalue weighted by molar-refractivity contribution is 7.52. The van der Waals surface area contributed by atoms with E-state index in [1.54, 1.807) is 18.2 Å². The predicted molar refractivity (Wildman–Crippen MR) is 173 cm³/mol. The Bertz CT molecular complexity index is 1760. The van der Waals surface area contributed by atoms with Crippen LogP contribution in [-0.2, 0) is 44.8 Å². The molecule has 1 fully saturated rings. The molecule has 0 spiro atoms. The maximum atomic E-state index is 14.1. The Hall–Kier alpha value is -3.28. The van der Waals surface area contributed by atoms with Gasteiger partial charge in [0.1, 0.15) is 48.7 Å². The van der Waals surface area contributed by atoms with Crippen molar-refractivity contribution >= 4 is 33.3 Å². The number of aliphatic imine (C=N–C) groups is 1. The van der Waals surface area contributed by atoms with Gasteiger partial charge in [0.15, 0.2) is 11.1 Å². The molecule has 3 heterocycles. The second kappa shape index (κ2) is 16.2. The number of nitrogens with zero attached hydrogens (tertiary/aromatic N) is 4. The number of hydrogen-bond acceptors (Lipinski definition) is 13. The van der Waals surface area contributed by atoms with Gasteiger partial charge in [0.2, 0.25) is 0 Å². The number of ether oxygens (including phenoxy) is 2. The Morgan fingerprint density at radius 1 is 1.16 bits per heavy atom. The van der Waals surface area contributed by atoms with Crippen LogP contribution in [0.1, 0.15) is 39.3 Å². The van der Waals surface area contributed by atoms with Gasteiger partial charge in [-0.3, -0.25) is 28.8 Å². The molecule has 1 unspecified atom stereocenters. The van der Waals surface area contributed by atoms with E-state index in [4.69, 9.17) is 33.7 Å². The van der Waals surface area contributed by atoms with E-state index in [0.717, 1.165) is 23.7 Å². The Balaban J connectivity index is 1.58. The molecule has 6 N–H and O–H groups in total. The van der Waals surface area contributed by atoms with Crippen LogP contribution in [-0.4, -0.2) is 91.0 Å². The number of esters is 1. The normalized spacial score (nSPS) is 23.2. The van der Waals surface area contributed by atoms with Gasteiger partial charge < -0.3 is 34.0 Å². The second-order valence-electron chi connectivity index (χ2n) is 11.3. The number of carbonyl (C=O) groups is 1. The molecule has 0 bridgehead atoms. The molecular formula is C29H42N6O12P2. The van der Waals surface area contributed by atoms with Crippen molar-refractivity contribution in [3.05, 3.63) is 60.0 Å². The SMILES string of the molecule is CCC(CC)COC(=O)[C@H](C)NP(=O)(OC[C@H]1O[C@@](C=NC)(c2ccc3c(=N)n(COP(=O)(O)O)cnn23)[C@H](O)[C@@H]1O)Oc1ccccc1. The van der Waals surface area contributed by atoms with E-state index in [1.165, 1.54) is 49.0 Å². The van der Waals surface area contributed by atoms with Crippen LogP contribution in [0.3, 0.4) is 0 Å². The number of rotatable bonds is 17. The molecule has 4 rings (SSSR count). The van der Waals surface area contributed by atoms with Gasteiger partial charge in [0, 0.05) is 13.3 Å². The molecule has 3 aromatic rings. The van der Waals surface area contributed by atoms with Gasteiger partial charge >= 0.3 is 21.5 Å². The highest BCUT2D eigenvalue weighted by atomic mass is 31.2. The van der Waals surface area contributed by atoms with E-state index in [0.29, 0.717) is 0 Å². The summed E-state index contributed by atoms with van der Waals surface area (Å²) in [4.78, 5) is 34.9. The van der Waals surface area contributed by atoms with Crippen molar-refractivity contribution in [1.29, 1.82) is 5.41 Å². The quantitative estimate of drug-likeness (QED) is 0.0660. The van der Waals surface area contributed by atoms with E-state index < -0.39 is 64.8 Å². The molecule has 1 aromatic carbocycles. The molecule has 6 atom stereocenters. The summed E-state index contributed by atoms with van der Waals surface area (Å²) in [5.41, 5.74) is -1.83. The molecule has 2 aromatic heterocycles. The molecule has 0 radical (unpaired) electrons. The molecule has 18 nitrogen and oxygen atoms in total. The first-order valence-electron chi connectivity index (χ1n) is 15.4. The molecule has 1 aliphatic rings. The fourth-order valence-electron chi connectivity index (χ4n) is 5.16. The summed E-state index contributed by atoms with van der Waals surface area (Å²) >= 11 is 0. The summed E-state index contributed by atoms with van der Waals surface area (Å²) in [5.74, 6) is -0.340. The van der Waals surface area contributed by atoms with E-state index in [-0.39, 0.29) is 35.0 Å². The number of aliphatic hydroxyl groups is 2. The fraction of sp³-hybridized carbons (Fsp3) is 0.517. The van der Waals surface area contributed by atoms with Gasteiger partial charge in [0.25, 0.3) is 0 Å². The molecule has 20 heteroatoms. The van der Waals surface area contributed by atoms with E-state index in [2.05, 4.69) is 19.7 Å². The summed E-state index contributed by atoms with van der Waals surface area (Å²) in [6, 6.07) is 9.89. The first-order chi connectivity index (χ1) is 23.2. The lowest BCUT2D eigenvalue weighted by atomic mass is 9.92. The van der Waals surface area contributed by atoms with E-state index in [1.807, 2.05) is 13.8 Å². The number of phosphoric ester groups is 1. The third-order valence-corrected chi connectivity index (χ3v) is 10.1. The number of aromatic nitrogens is 3.